The van der Waals surface area contributed by atoms with Crippen molar-refractivity contribution in [3.63, 3.8) is 0 Å². The monoisotopic (exact) mass is 361 g/mol. The molecule has 1 aliphatic rings. The van der Waals surface area contributed by atoms with E-state index in [0.29, 0.717) is 31.7 Å². The minimum absolute atomic E-state index is 0.0564. The Balaban J connectivity index is 1.77. The van der Waals surface area contributed by atoms with E-state index < -0.39 is 5.60 Å². The summed E-state index contributed by atoms with van der Waals surface area (Å²) in [4.78, 5) is 39.6. The lowest BCUT2D eigenvalue weighted by atomic mass is 10.1. The van der Waals surface area contributed by atoms with Crippen LogP contribution in [0.5, 0.6) is 0 Å². The second-order valence-electron chi connectivity index (χ2n) is 7.40. The first-order valence-corrected chi connectivity index (χ1v) is 8.76. The van der Waals surface area contributed by atoms with Gasteiger partial charge >= 0.3 is 6.09 Å². The summed E-state index contributed by atoms with van der Waals surface area (Å²) in [6.07, 6.45) is -0.364. The molecule has 26 heavy (non-hydrogen) atoms. The second kappa shape index (κ2) is 8.21. The number of aryl methyl sites for hydroxylation is 1. The summed E-state index contributed by atoms with van der Waals surface area (Å²) in [5.74, 6) is -0.431. The molecule has 1 N–H and O–H groups in total. The molecule has 0 radical (unpaired) electrons. The Labute approximate surface area is 154 Å². The van der Waals surface area contributed by atoms with Crippen LogP contribution in [0.2, 0.25) is 0 Å². The molecule has 0 unspecified atom stereocenters. The van der Waals surface area contributed by atoms with Crippen LogP contribution in [-0.2, 0) is 9.53 Å². The van der Waals surface area contributed by atoms with Crippen LogP contribution in [0, 0.1) is 6.92 Å². The minimum atomic E-state index is -0.537. The molecule has 0 bridgehead atoms. The number of hydrogen-bond donors (Lipinski definition) is 1. The molecule has 2 rings (SSSR count). The van der Waals surface area contributed by atoms with Crippen LogP contribution in [0.3, 0.4) is 0 Å². The number of carbonyl (C=O) groups excluding carboxylic acids is 3. The Bertz CT molecular complexity index is 656. The van der Waals surface area contributed by atoms with Gasteiger partial charge in [0, 0.05) is 31.7 Å². The van der Waals surface area contributed by atoms with Crippen molar-refractivity contribution in [2.24, 2.45) is 0 Å². The summed E-state index contributed by atoms with van der Waals surface area (Å²) in [5, 5.41) is 2.65. The Kier molecular flexibility index (Phi) is 6.23. The number of hydrogen-bond acceptors (Lipinski definition) is 4. The van der Waals surface area contributed by atoms with Crippen molar-refractivity contribution in [3.05, 3.63) is 35.4 Å². The smallest absolute Gasteiger partial charge is 0.410 e. The van der Waals surface area contributed by atoms with E-state index in [0.717, 1.165) is 5.56 Å². The molecule has 0 saturated carbocycles. The maximum atomic E-state index is 12.3. The Morgan fingerprint density at radius 2 is 1.54 bits per heavy atom. The van der Waals surface area contributed by atoms with Crippen LogP contribution < -0.4 is 5.32 Å². The standard InChI is InChI=1S/C19H27N3O4/c1-14-5-7-15(8-6-14)17(24)20-13-16(23)21-9-11-22(12-10-21)18(25)26-19(2,3)4/h5-8H,9-13H2,1-4H3,(H,20,24). The van der Waals surface area contributed by atoms with Crippen molar-refractivity contribution in [1.29, 1.82) is 0 Å². The van der Waals surface area contributed by atoms with E-state index in [-0.39, 0.29) is 24.5 Å². The molecule has 1 fully saturated rings. The lowest BCUT2D eigenvalue weighted by molar-refractivity contribution is -0.131. The van der Waals surface area contributed by atoms with Crippen LogP contribution >= 0.6 is 0 Å². The SMILES string of the molecule is Cc1ccc(C(=O)NCC(=O)N2CCN(C(=O)OC(C)(C)C)CC2)cc1. The van der Waals surface area contributed by atoms with Crippen molar-refractivity contribution < 1.29 is 19.1 Å². The van der Waals surface area contributed by atoms with Gasteiger partial charge in [0.25, 0.3) is 5.91 Å². The molecule has 1 heterocycles. The maximum absolute atomic E-state index is 12.3. The van der Waals surface area contributed by atoms with Gasteiger partial charge in [-0.1, -0.05) is 17.7 Å². The molecule has 0 aliphatic carbocycles. The molecular weight excluding hydrogens is 334 g/mol. The third kappa shape index (κ3) is 5.75. The van der Waals surface area contributed by atoms with Crippen LogP contribution in [0.15, 0.2) is 24.3 Å². The van der Waals surface area contributed by atoms with Gasteiger partial charge in [-0.25, -0.2) is 4.79 Å². The predicted octanol–water partition coefficient (Wildman–Crippen LogP) is 1.80. The first-order valence-electron chi connectivity index (χ1n) is 8.76. The second-order valence-corrected chi connectivity index (χ2v) is 7.40. The lowest BCUT2D eigenvalue weighted by Crippen LogP contribution is -2.53. The van der Waals surface area contributed by atoms with Crippen LogP contribution in [0.25, 0.3) is 0 Å². The summed E-state index contributed by atoms with van der Waals surface area (Å²) in [5.41, 5.74) is 1.06. The Hall–Kier alpha value is -2.57. The van der Waals surface area contributed by atoms with E-state index in [1.54, 1.807) is 21.9 Å². The first-order chi connectivity index (χ1) is 12.2. The van der Waals surface area contributed by atoms with E-state index in [9.17, 15) is 14.4 Å². The number of amides is 3. The first kappa shape index (κ1) is 19.8. The quantitative estimate of drug-likeness (QED) is 0.890. The van der Waals surface area contributed by atoms with Gasteiger partial charge in [0.1, 0.15) is 5.60 Å². The molecule has 1 aromatic rings. The molecule has 0 aromatic heterocycles. The number of rotatable bonds is 3. The van der Waals surface area contributed by atoms with E-state index in [4.69, 9.17) is 4.74 Å². The number of benzene rings is 1. The normalized spacial score (nSPS) is 14.8. The summed E-state index contributed by atoms with van der Waals surface area (Å²) >= 11 is 0. The third-order valence-corrected chi connectivity index (χ3v) is 4.00. The molecule has 0 spiro atoms. The summed E-state index contributed by atoms with van der Waals surface area (Å²) in [7, 11) is 0. The number of nitrogens with one attached hydrogen (secondary N) is 1. The van der Waals surface area contributed by atoms with Crippen molar-refractivity contribution in [3.8, 4) is 0 Å². The molecule has 1 aliphatic heterocycles. The Morgan fingerprint density at radius 1 is 1.00 bits per heavy atom. The van der Waals surface area contributed by atoms with Gasteiger partial charge in [0.2, 0.25) is 5.91 Å². The molecule has 7 heteroatoms. The molecular formula is C19H27N3O4. The maximum Gasteiger partial charge on any atom is 0.410 e. The molecule has 1 aromatic carbocycles. The van der Waals surface area contributed by atoms with Crippen LogP contribution in [0.4, 0.5) is 4.79 Å². The van der Waals surface area contributed by atoms with E-state index in [1.165, 1.54) is 0 Å². The Morgan fingerprint density at radius 3 is 2.08 bits per heavy atom. The average Bonchev–Trinajstić information content (AvgIpc) is 2.58. The fourth-order valence-electron chi connectivity index (χ4n) is 2.54. The topological polar surface area (TPSA) is 79.0 Å². The number of piperazine rings is 1. The molecule has 1 saturated heterocycles. The average molecular weight is 361 g/mol. The zero-order chi connectivity index (χ0) is 19.3. The van der Waals surface area contributed by atoms with E-state index in [1.807, 2.05) is 39.8 Å². The minimum Gasteiger partial charge on any atom is -0.444 e. The summed E-state index contributed by atoms with van der Waals surface area (Å²) in [6, 6.07) is 7.17. The fourth-order valence-corrected chi connectivity index (χ4v) is 2.54. The van der Waals surface area contributed by atoms with Gasteiger partial charge in [0.15, 0.2) is 0 Å². The lowest BCUT2D eigenvalue weighted by Gasteiger charge is -2.35. The zero-order valence-corrected chi connectivity index (χ0v) is 15.9. The van der Waals surface area contributed by atoms with Crippen LogP contribution in [-0.4, -0.2) is 66.0 Å². The number of ether oxygens (including phenoxy) is 1. The highest BCUT2D eigenvalue weighted by molar-refractivity contribution is 5.96. The summed E-state index contributed by atoms with van der Waals surface area (Å²) in [6.45, 7) is 9.06. The molecule has 7 nitrogen and oxygen atoms in total. The van der Waals surface area contributed by atoms with Gasteiger partial charge in [0.05, 0.1) is 6.54 Å². The highest BCUT2D eigenvalue weighted by atomic mass is 16.6. The highest BCUT2D eigenvalue weighted by Gasteiger charge is 2.27. The van der Waals surface area contributed by atoms with Gasteiger partial charge in [-0.2, -0.15) is 0 Å². The van der Waals surface area contributed by atoms with Gasteiger partial charge < -0.3 is 19.9 Å². The molecule has 0 atom stereocenters. The van der Waals surface area contributed by atoms with Crippen molar-refractivity contribution in [2.75, 3.05) is 32.7 Å². The van der Waals surface area contributed by atoms with Crippen molar-refractivity contribution in [1.82, 2.24) is 15.1 Å². The zero-order valence-electron chi connectivity index (χ0n) is 15.9. The van der Waals surface area contributed by atoms with E-state index in [2.05, 4.69) is 5.32 Å². The van der Waals surface area contributed by atoms with Gasteiger partial charge in [-0.15, -0.1) is 0 Å². The fraction of sp³-hybridized carbons (Fsp3) is 0.526. The van der Waals surface area contributed by atoms with Crippen molar-refractivity contribution in [2.45, 2.75) is 33.3 Å². The predicted molar refractivity (Wildman–Crippen MR) is 97.9 cm³/mol. The number of carbonyl (C=O) groups is 3. The third-order valence-electron chi connectivity index (χ3n) is 4.00. The van der Waals surface area contributed by atoms with E-state index >= 15 is 0 Å². The van der Waals surface area contributed by atoms with Crippen molar-refractivity contribution >= 4 is 17.9 Å². The summed E-state index contributed by atoms with van der Waals surface area (Å²) < 4.78 is 5.34. The largest absolute Gasteiger partial charge is 0.444 e. The van der Waals surface area contributed by atoms with Gasteiger partial charge in [-0.3, -0.25) is 9.59 Å². The van der Waals surface area contributed by atoms with Gasteiger partial charge in [-0.05, 0) is 39.8 Å². The number of nitrogens with zero attached hydrogens (tertiary/aromatic N) is 2. The highest BCUT2D eigenvalue weighted by Crippen LogP contribution is 2.12. The molecule has 142 valence electrons. The van der Waals surface area contributed by atoms with Crippen LogP contribution in [0.1, 0.15) is 36.7 Å². The molecule has 3 amide bonds.